The minimum absolute atomic E-state index is 0.158. The molecule has 2 heterocycles. The molecule has 2 aromatic carbocycles. The van der Waals surface area contributed by atoms with Crippen LogP contribution in [0.5, 0.6) is 0 Å². The second kappa shape index (κ2) is 7.31. The van der Waals surface area contributed by atoms with Gasteiger partial charge in [0.1, 0.15) is 0 Å². The van der Waals surface area contributed by atoms with Crippen molar-refractivity contribution in [1.29, 1.82) is 0 Å². The van der Waals surface area contributed by atoms with Gasteiger partial charge in [-0.05, 0) is 61.7 Å². The summed E-state index contributed by atoms with van der Waals surface area (Å²) < 4.78 is 30.6. The average Bonchev–Trinajstić information content (AvgIpc) is 3.13. The molecule has 0 aliphatic carbocycles. The number of sulfonamides is 1. The fourth-order valence-corrected chi connectivity index (χ4v) is 5.94. The summed E-state index contributed by atoms with van der Waals surface area (Å²) in [6.45, 7) is 4.28. The molecule has 0 bridgehead atoms. The number of nitrogens with zero attached hydrogens (tertiary/aromatic N) is 3. The van der Waals surface area contributed by atoms with Gasteiger partial charge in [-0.2, -0.15) is 5.10 Å². The van der Waals surface area contributed by atoms with Crippen LogP contribution in [0.1, 0.15) is 29.2 Å². The highest BCUT2D eigenvalue weighted by Crippen LogP contribution is 2.40. The quantitative estimate of drug-likeness (QED) is 0.714. The summed E-state index contributed by atoms with van der Waals surface area (Å²) in [6.07, 6.45) is 4.44. The van der Waals surface area contributed by atoms with Crippen LogP contribution >= 0.6 is 0 Å². The molecule has 6 nitrogen and oxygen atoms in total. The number of para-hydroxylation sites is 1. The number of nitrogens with one attached hydrogen (secondary N) is 1. The Hall–Kier alpha value is -2.64. The predicted molar refractivity (Wildman–Crippen MR) is 116 cm³/mol. The Labute approximate surface area is 172 Å². The molecular weight excluding hydrogens is 384 g/mol. The van der Waals surface area contributed by atoms with Crippen LogP contribution in [0.3, 0.4) is 0 Å². The van der Waals surface area contributed by atoms with Crippen LogP contribution in [0.2, 0.25) is 0 Å². The number of rotatable bonds is 4. The van der Waals surface area contributed by atoms with Gasteiger partial charge in [0.2, 0.25) is 0 Å². The lowest BCUT2D eigenvalue weighted by atomic mass is 9.95. The van der Waals surface area contributed by atoms with Gasteiger partial charge in [-0.15, -0.1) is 0 Å². The van der Waals surface area contributed by atoms with E-state index in [1.54, 1.807) is 21.3 Å². The van der Waals surface area contributed by atoms with Crippen molar-refractivity contribution in [3.05, 3.63) is 65.5 Å². The Morgan fingerprint density at radius 1 is 1.10 bits per heavy atom. The van der Waals surface area contributed by atoms with Crippen LogP contribution in [-0.2, 0) is 17.1 Å². The number of hydrogen-bond donors (Lipinski definition) is 1. The fourth-order valence-electron chi connectivity index (χ4n) is 4.16. The molecule has 0 unspecified atom stereocenters. The second-order valence-corrected chi connectivity index (χ2v) is 9.43. The number of aromatic nitrogens is 2. The summed E-state index contributed by atoms with van der Waals surface area (Å²) in [4.78, 5) is 0.349. The van der Waals surface area contributed by atoms with Crippen molar-refractivity contribution in [3.63, 3.8) is 0 Å². The topological polar surface area (TPSA) is 67.2 Å². The van der Waals surface area contributed by atoms with Crippen LogP contribution in [0, 0.1) is 13.8 Å². The molecule has 0 saturated heterocycles. The first-order valence-electron chi connectivity index (χ1n) is 9.72. The van der Waals surface area contributed by atoms with Crippen LogP contribution in [-0.4, -0.2) is 31.8 Å². The van der Waals surface area contributed by atoms with Gasteiger partial charge in [0, 0.05) is 31.4 Å². The molecule has 0 spiro atoms. The van der Waals surface area contributed by atoms with Gasteiger partial charge in [-0.25, -0.2) is 8.42 Å². The number of anilines is 1. The third-order valence-corrected chi connectivity index (χ3v) is 7.60. The molecule has 7 heteroatoms. The summed E-state index contributed by atoms with van der Waals surface area (Å²) in [5, 5.41) is 7.51. The Morgan fingerprint density at radius 3 is 2.55 bits per heavy atom. The molecule has 1 aliphatic rings. The largest absolute Gasteiger partial charge is 0.313 e. The smallest absolute Gasteiger partial charge is 0.264 e. The monoisotopic (exact) mass is 410 g/mol. The van der Waals surface area contributed by atoms with Gasteiger partial charge in [-0.3, -0.25) is 8.99 Å². The van der Waals surface area contributed by atoms with Crippen molar-refractivity contribution in [2.45, 2.75) is 31.2 Å². The lowest BCUT2D eigenvalue weighted by molar-refractivity contribution is 0.527. The van der Waals surface area contributed by atoms with E-state index in [4.69, 9.17) is 0 Å². The second-order valence-electron chi connectivity index (χ2n) is 7.60. The van der Waals surface area contributed by atoms with Gasteiger partial charge >= 0.3 is 0 Å². The highest BCUT2D eigenvalue weighted by Gasteiger charge is 2.34. The standard InChI is InChI=1S/C22H26N4O2S/c1-15-6-5-7-19-20(23-3)10-11-26(22(15)19)29(27,28)21-9-8-17(12-16(21)2)18-13-24-25(4)14-18/h5-9,12-14,20,23H,10-11H2,1-4H3/t20-/m1/s1. The molecule has 1 aliphatic heterocycles. The lowest BCUT2D eigenvalue weighted by Crippen LogP contribution is -2.39. The van der Waals surface area contributed by atoms with Gasteiger partial charge in [0.25, 0.3) is 10.0 Å². The number of benzene rings is 2. The molecule has 152 valence electrons. The van der Waals surface area contributed by atoms with Crippen LogP contribution in [0.15, 0.2) is 53.7 Å². The van der Waals surface area contributed by atoms with E-state index < -0.39 is 10.0 Å². The minimum Gasteiger partial charge on any atom is -0.313 e. The molecule has 3 aromatic rings. The maximum atomic E-state index is 13.7. The van der Waals surface area contributed by atoms with Crippen molar-refractivity contribution in [2.24, 2.45) is 7.05 Å². The van der Waals surface area contributed by atoms with E-state index in [9.17, 15) is 8.42 Å². The highest BCUT2D eigenvalue weighted by atomic mass is 32.2. The maximum absolute atomic E-state index is 13.7. The molecule has 4 rings (SSSR count). The zero-order valence-corrected chi connectivity index (χ0v) is 18.0. The number of aryl methyl sites for hydroxylation is 3. The summed E-state index contributed by atoms with van der Waals surface area (Å²) in [6, 6.07) is 11.6. The van der Waals surface area contributed by atoms with E-state index in [1.807, 2.05) is 64.5 Å². The zero-order chi connectivity index (χ0) is 20.8. The highest BCUT2D eigenvalue weighted by molar-refractivity contribution is 7.92. The molecule has 0 fully saturated rings. The van der Waals surface area contributed by atoms with E-state index in [0.29, 0.717) is 11.4 Å². The first kappa shape index (κ1) is 19.7. The van der Waals surface area contributed by atoms with Crippen molar-refractivity contribution < 1.29 is 8.42 Å². The Balaban J connectivity index is 1.78. The maximum Gasteiger partial charge on any atom is 0.264 e. The summed E-state index contributed by atoms with van der Waals surface area (Å²) in [7, 11) is 0.114. The Bertz CT molecular complexity index is 1170. The Kier molecular flexibility index (Phi) is 4.96. The fraction of sp³-hybridized carbons (Fsp3) is 0.318. The van der Waals surface area contributed by atoms with Gasteiger partial charge in [0.05, 0.1) is 16.8 Å². The molecule has 1 atom stereocenters. The summed E-state index contributed by atoms with van der Waals surface area (Å²) in [5.41, 5.74) is 5.46. The third-order valence-electron chi connectivity index (χ3n) is 5.64. The normalized spacial score (nSPS) is 16.7. The molecule has 29 heavy (non-hydrogen) atoms. The zero-order valence-electron chi connectivity index (χ0n) is 17.2. The van der Waals surface area contributed by atoms with E-state index in [2.05, 4.69) is 10.4 Å². The van der Waals surface area contributed by atoms with Crippen molar-refractivity contribution in [1.82, 2.24) is 15.1 Å². The SMILES string of the molecule is CN[C@@H]1CCN(S(=O)(=O)c2ccc(-c3cnn(C)c3)cc2C)c2c(C)cccc21. The number of hydrogen-bond acceptors (Lipinski definition) is 4. The first-order chi connectivity index (χ1) is 13.8. The van der Waals surface area contributed by atoms with Crippen LogP contribution in [0.4, 0.5) is 5.69 Å². The van der Waals surface area contributed by atoms with Gasteiger partial charge in [0.15, 0.2) is 0 Å². The van der Waals surface area contributed by atoms with Crippen molar-refractivity contribution in [2.75, 3.05) is 17.9 Å². The van der Waals surface area contributed by atoms with E-state index in [-0.39, 0.29) is 6.04 Å². The predicted octanol–water partition coefficient (Wildman–Crippen LogP) is 3.56. The average molecular weight is 411 g/mol. The molecule has 1 N–H and O–H groups in total. The summed E-state index contributed by atoms with van der Waals surface area (Å²) in [5.74, 6) is 0. The first-order valence-corrected chi connectivity index (χ1v) is 11.2. The molecular formula is C22H26N4O2S. The van der Waals surface area contributed by atoms with Crippen LogP contribution in [0.25, 0.3) is 11.1 Å². The van der Waals surface area contributed by atoms with Crippen LogP contribution < -0.4 is 9.62 Å². The van der Waals surface area contributed by atoms with E-state index in [0.717, 1.165) is 39.9 Å². The number of fused-ring (bicyclic) bond motifs is 1. The Morgan fingerprint density at radius 2 is 1.90 bits per heavy atom. The molecule has 1 aromatic heterocycles. The molecule has 0 amide bonds. The molecule has 0 saturated carbocycles. The van der Waals surface area contributed by atoms with Gasteiger partial charge in [-0.1, -0.05) is 24.3 Å². The van der Waals surface area contributed by atoms with Crippen molar-refractivity contribution in [3.8, 4) is 11.1 Å². The van der Waals surface area contributed by atoms with Gasteiger partial charge < -0.3 is 5.32 Å². The van der Waals surface area contributed by atoms with Crippen molar-refractivity contribution >= 4 is 15.7 Å². The van der Waals surface area contributed by atoms with E-state index in [1.165, 1.54) is 0 Å². The lowest BCUT2D eigenvalue weighted by Gasteiger charge is -2.36. The minimum atomic E-state index is -3.67. The molecule has 0 radical (unpaired) electrons. The third kappa shape index (κ3) is 3.34. The van der Waals surface area contributed by atoms with E-state index >= 15 is 0 Å². The summed E-state index contributed by atoms with van der Waals surface area (Å²) >= 11 is 0.